The summed E-state index contributed by atoms with van der Waals surface area (Å²) >= 11 is 0. The van der Waals surface area contributed by atoms with Gasteiger partial charge in [0.2, 0.25) is 5.91 Å². The van der Waals surface area contributed by atoms with E-state index in [9.17, 15) is 9.59 Å². The molecule has 0 aromatic carbocycles. The maximum Gasteiger partial charge on any atom is 0.311 e. The van der Waals surface area contributed by atoms with Crippen LogP contribution in [-0.4, -0.2) is 44.8 Å². The Hall–Kier alpha value is -1.85. The normalized spacial score (nSPS) is 23.9. The van der Waals surface area contributed by atoms with Crippen molar-refractivity contribution in [2.45, 2.75) is 19.9 Å². The Morgan fingerprint density at radius 3 is 2.82 bits per heavy atom. The Morgan fingerprint density at radius 1 is 1.53 bits per heavy atom. The zero-order valence-electron chi connectivity index (χ0n) is 9.67. The second-order valence-corrected chi connectivity index (χ2v) is 4.63. The van der Waals surface area contributed by atoms with Gasteiger partial charge in [-0.1, -0.05) is 0 Å². The third-order valence-electron chi connectivity index (χ3n) is 3.20. The number of carbonyl (C=O) groups is 2. The van der Waals surface area contributed by atoms with Crippen LogP contribution in [0.5, 0.6) is 0 Å². The first-order chi connectivity index (χ1) is 8.01. The summed E-state index contributed by atoms with van der Waals surface area (Å²) in [7, 11) is 0. The van der Waals surface area contributed by atoms with Crippen LogP contribution in [0.25, 0.3) is 0 Å². The summed E-state index contributed by atoms with van der Waals surface area (Å²) in [4.78, 5) is 24.5. The van der Waals surface area contributed by atoms with E-state index in [0.29, 0.717) is 13.0 Å². The lowest BCUT2D eigenvalue weighted by Gasteiger charge is -2.20. The summed E-state index contributed by atoms with van der Waals surface area (Å²) in [6, 6.07) is 1.75. The topological polar surface area (TPSA) is 75.4 Å². The molecule has 6 heteroatoms. The fraction of sp³-hybridized carbons (Fsp3) is 0.545. The van der Waals surface area contributed by atoms with E-state index in [-0.39, 0.29) is 19.0 Å². The minimum absolute atomic E-state index is 0.0846. The fourth-order valence-electron chi connectivity index (χ4n) is 1.98. The first-order valence-electron chi connectivity index (χ1n) is 5.50. The monoisotopic (exact) mass is 237 g/mol. The van der Waals surface area contributed by atoms with Crippen LogP contribution in [0.3, 0.4) is 0 Å². The summed E-state index contributed by atoms with van der Waals surface area (Å²) in [6.07, 6.45) is 3.83. The highest BCUT2D eigenvalue weighted by Gasteiger charge is 2.41. The van der Waals surface area contributed by atoms with Gasteiger partial charge in [0.25, 0.3) is 0 Å². The zero-order chi connectivity index (χ0) is 12.5. The summed E-state index contributed by atoms with van der Waals surface area (Å²) in [6.45, 7) is 2.63. The van der Waals surface area contributed by atoms with E-state index in [1.807, 2.05) is 0 Å². The number of rotatable bonds is 3. The number of aliphatic carboxylic acids is 1. The van der Waals surface area contributed by atoms with Gasteiger partial charge in [-0.3, -0.25) is 14.3 Å². The van der Waals surface area contributed by atoms with Crippen LogP contribution >= 0.6 is 0 Å². The van der Waals surface area contributed by atoms with E-state index in [4.69, 9.17) is 5.11 Å². The summed E-state index contributed by atoms with van der Waals surface area (Å²) < 4.78 is 1.54. The van der Waals surface area contributed by atoms with Crippen molar-refractivity contribution in [1.82, 2.24) is 14.7 Å². The number of hydrogen-bond acceptors (Lipinski definition) is 3. The Bertz CT molecular complexity index is 429. The van der Waals surface area contributed by atoms with Gasteiger partial charge in [0, 0.05) is 25.5 Å². The van der Waals surface area contributed by atoms with Gasteiger partial charge in [-0.15, -0.1) is 0 Å². The largest absolute Gasteiger partial charge is 0.481 e. The lowest BCUT2D eigenvalue weighted by molar-refractivity contribution is -0.147. The van der Waals surface area contributed by atoms with Gasteiger partial charge >= 0.3 is 5.97 Å². The number of nitrogens with zero attached hydrogens (tertiary/aromatic N) is 3. The number of carbonyl (C=O) groups excluding carboxylic acids is 1. The quantitative estimate of drug-likeness (QED) is 0.815. The molecule has 1 aromatic heterocycles. The van der Waals surface area contributed by atoms with Crippen LogP contribution in [0.4, 0.5) is 0 Å². The van der Waals surface area contributed by atoms with Crippen molar-refractivity contribution >= 4 is 11.9 Å². The number of likely N-dealkylation sites (tertiary alicyclic amines) is 1. The molecule has 92 valence electrons. The number of carboxylic acids is 1. The van der Waals surface area contributed by atoms with Crippen LogP contribution in [0.2, 0.25) is 0 Å². The molecular weight excluding hydrogens is 222 g/mol. The maximum absolute atomic E-state index is 11.9. The van der Waals surface area contributed by atoms with E-state index < -0.39 is 11.4 Å². The van der Waals surface area contributed by atoms with Crippen molar-refractivity contribution in [3.05, 3.63) is 18.5 Å². The van der Waals surface area contributed by atoms with Crippen molar-refractivity contribution in [2.24, 2.45) is 5.41 Å². The second kappa shape index (κ2) is 4.20. The molecule has 0 saturated carbocycles. The number of carboxylic acid groups (broad SMARTS) is 1. The van der Waals surface area contributed by atoms with Gasteiger partial charge in [0.05, 0.1) is 5.41 Å². The molecule has 1 aliphatic heterocycles. The molecule has 6 nitrogen and oxygen atoms in total. The molecule has 0 radical (unpaired) electrons. The molecule has 1 unspecified atom stereocenters. The van der Waals surface area contributed by atoms with Gasteiger partial charge in [-0.05, 0) is 19.4 Å². The predicted octanol–water partition coefficient (Wildman–Crippen LogP) is 0.206. The molecule has 1 aromatic rings. The van der Waals surface area contributed by atoms with E-state index in [1.165, 1.54) is 0 Å². The van der Waals surface area contributed by atoms with E-state index in [1.54, 1.807) is 35.0 Å². The van der Waals surface area contributed by atoms with Crippen molar-refractivity contribution in [1.29, 1.82) is 0 Å². The first kappa shape index (κ1) is 11.6. The highest BCUT2D eigenvalue weighted by atomic mass is 16.4. The standard InChI is InChI=1S/C11H15N3O3/c1-11(10(16)17)3-6-13(8-11)9(15)7-14-5-2-4-12-14/h2,4-5H,3,6-8H2,1H3,(H,16,17). The van der Waals surface area contributed by atoms with Gasteiger partial charge in [0.15, 0.2) is 0 Å². The maximum atomic E-state index is 11.9. The van der Waals surface area contributed by atoms with Gasteiger partial charge in [-0.2, -0.15) is 5.10 Å². The van der Waals surface area contributed by atoms with Crippen molar-refractivity contribution in [3.8, 4) is 0 Å². The lowest BCUT2D eigenvalue weighted by atomic mass is 9.90. The lowest BCUT2D eigenvalue weighted by Crippen LogP contribution is -2.36. The molecule has 1 saturated heterocycles. The van der Waals surface area contributed by atoms with E-state index in [0.717, 1.165) is 0 Å². The molecule has 1 N–H and O–H groups in total. The van der Waals surface area contributed by atoms with Crippen molar-refractivity contribution in [2.75, 3.05) is 13.1 Å². The molecule has 1 atom stereocenters. The Balaban J connectivity index is 1.97. The molecular formula is C11H15N3O3. The first-order valence-corrected chi connectivity index (χ1v) is 5.50. The van der Waals surface area contributed by atoms with Crippen LogP contribution in [0.1, 0.15) is 13.3 Å². The third kappa shape index (κ3) is 2.30. The van der Waals surface area contributed by atoms with E-state index in [2.05, 4.69) is 5.10 Å². The molecule has 0 bridgehead atoms. The summed E-state index contributed by atoms with van der Waals surface area (Å²) in [5, 5.41) is 13.0. The smallest absolute Gasteiger partial charge is 0.311 e. The molecule has 1 amide bonds. The average Bonchev–Trinajstić information content (AvgIpc) is 2.88. The molecule has 0 aliphatic carbocycles. The molecule has 0 spiro atoms. The molecule has 1 fully saturated rings. The Morgan fingerprint density at radius 2 is 2.29 bits per heavy atom. The molecule has 17 heavy (non-hydrogen) atoms. The highest BCUT2D eigenvalue weighted by Crippen LogP contribution is 2.30. The fourth-order valence-corrected chi connectivity index (χ4v) is 1.98. The Kier molecular flexibility index (Phi) is 2.87. The van der Waals surface area contributed by atoms with Gasteiger partial charge < -0.3 is 10.0 Å². The molecule has 2 heterocycles. The highest BCUT2D eigenvalue weighted by molar-refractivity contribution is 5.80. The van der Waals surface area contributed by atoms with Crippen LogP contribution in [0, 0.1) is 5.41 Å². The number of hydrogen-bond donors (Lipinski definition) is 1. The van der Waals surface area contributed by atoms with Crippen molar-refractivity contribution in [3.63, 3.8) is 0 Å². The molecule has 2 rings (SSSR count). The zero-order valence-corrected chi connectivity index (χ0v) is 9.67. The van der Waals surface area contributed by atoms with Crippen LogP contribution in [0.15, 0.2) is 18.5 Å². The van der Waals surface area contributed by atoms with Gasteiger partial charge in [-0.25, -0.2) is 0 Å². The SMILES string of the molecule is CC1(C(=O)O)CCN(C(=O)Cn2cccn2)C1. The third-order valence-corrected chi connectivity index (χ3v) is 3.20. The minimum Gasteiger partial charge on any atom is -0.481 e. The number of aromatic nitrogens is 2. The summed E-state index contributed by atoms with van der Waals surface area (Å²) in [5.74, 6) is -0.925. The van der Waals surface area contributed by atoms with Crippen LogP contribution in [-0.2, 0) is 16.1 Å². The van der Waals surface area contributed by atoms with Gasteiger partial charge in [0.1, 0.15) is 6.54 Å². The average molecular weight is 237 g/mol. The second-order valence-electron chi connectivity index (χ2n) is 4.63. The summed E-state index contributed by atoms with van der Waals surface area (Å²) in [5.41, 5.74) is -0.806. The predicted molar refractivity (Wildman–Crippen MR) is 59.2 cm³/mol. The van der Waals surface area contributed by atoms with E-state index >= 15 is 0 Å². The minimum atomic E-state index is -0.841. The van der Waals surface area contributed by atoms with Crippen molar-refractivity contribution < 1.29 is 14.7 Å². The molecule has 1 aliphatic rings. The van der Waals surface area contributed by atoms with Crippen LogP contribution < -0.4 is 0 Å². The Labute approximate surface area is 98.8 Å². The number of amides is 1.